The van der Waals surface area contributed by atoms with Crippen LogP contribution in [0.25, 0.3) is 0 Å². The van der Waals surface area contributed by atoms with Gasteiger partial charge in [-0.25, -0.2) is 4.39 Å². The van der Waals surface area contributed by atoms with E-state index >= 15 is 0 Å². The van der Waals surface area contributed by atoms with Crippen molar-refractivity contribution in [1.29, 1.82) is 0 Å². The van der Waals surface area contributed by atoms with E-state index in [-0.39, 0.29) is 5.82 Å². The molecule has 0 atom stereocenters. The Hall–Kier alpha value is -1.13. The van der Waals surface area contributed by atoms with Crippen molar-refractivity contribution >= 4 is 5.69 Å². The van der Waals surface area contributed by atoms with Gasteiger partial charge in [0.1, 0.15) is 5.82 Å². The first-order valence-corrected chi connectivity index (χ1v) is 9.50. The van der Waals surface area contributed by atoms with E-state index in [9.17, 15) is 4.39 Å². The van der Waals surface area contributed by atoms with E-state index in [1.165, 1.54) is 32.5 Å². The number of aryl methyl sites for hydroxylation is 1. The number of hydrogen-bond donors (Lipinski definition) is 0. The van der Waals surface area contributed by atoms with E-state index in [0.29, 0.717) is 6.04 Å². The van der Waals surface area contributed by atoms with Crippen molar-refractivity contribution in [3.05, 3.63) is 29.6 Å². The average Bonchev–Trinajstić information content (AvgIpc) is 2.56. The van der Waals surface area contributed by atoms with Gasteiger partial charge in [-0.15, -0.1) is 0 Å². The molecule has 2 aliphatic rings. The molecule has 0 radical (unpaired) electrons. The van der Waals surface area contributed by atoms with Gasteiger partial charge in [0, 0.05) is 38.8 Å². The molecule has 2 aliphatic heterocycles. The summed E-state index contributed by atoms with van der Waals surface area (Å²) in [6, 6.07) is 6.26. The third-order valence-electron chi connectivity index (χ3n) is 5.71. The van der Waals surface area contributed by atoms with Crippen LogP contribution in [-0.4, -0.2) is 61.7 Å². The van der Waals surface area contributed by atoms with Crippen LogP contribution in [0.2, 0.25) is 0 Å². The zero-order chi connectivity index (χ0) is 17.1. The van der Waals surface area contributed by atoms with E-state index in [1.54, 1.807) is 6.07 Å². The molecule has 2 heterocycles. The molecule has 2 fully saturated rings. The Kier molecular flexibility index (Phi) is 5.77. The highest BCUT2D eigenvalue weighted by molar-refractivity contribution is 5.49. The minimum atomic E-state index is -0.0792. The third kappa shape index (κ3) is 4.28. The standard InChI is InChI=1S/C20H32FN3/c1-16(2)23-8-6-18(7-9-23)15-22-10-12-24(13-11-22)20-5-4-17(3)14-19(20)21/h4-5,14,16,18H,6-13,15H2,1-3H3. The average molecular weight is 333 g/mol. The molecular formula is C20H32FN3. The van der Waals surface area contributed by atoms with E-state index in [1.807, 2.05) is 19.1 Å². The van der Waals surface area contributed by atoms with Crippen LogP contribution in [0.1, 0.15) is 32.3 Å². The number of hydrogen-bond acceptors (Lipinski definition) is 3. The van der Waals surface area contributed by atoms with Crippen molar-refractivity contribution in [2.45, 2.75) is 39.7 Å². The molecule has 0 saturated carbocycles. The largest absolute Gasteiger partial charge is 0.367 e. The van der Waals surface area contributed by atoms with Crippen molar-refractivity contribution in [3.63, 3.8) is 0 Å². The maximum Gasteiger partial charge on any atom is 0.146 e. The number of benzene rings is 1. The molecule has 3 rings (SSSR count). The number of likely N-dealkylation sites (tertiary alicyclic amines) is 1. The van der Waals surface area contributed by atoms with Crippen molar-refractivity contribution in [3.8, 4) is 0 Å². The second-order valence-corrected chi connectivity index (χ2v) is 7.82. The van der Waals surface area contributed by atoms with Gasteiger partial charge < -0.3 is 9.80 Å². The Bertz CT molecular complexity index is 530. The van der Waals surface area contributed by atoms with Crippen LogP contribution in [-0.2, 0) is 0 Å². The summed E-state index contributed by atoms with van der Waals surface area (Å²) in [7, 11) is 0. The summed E-state index contributed by atoms with van der Waals surface area (Å²) < 4.78 is 14.1. The number of halogens is 1. The van der Waals surface area contributed by atoms with Crippen LogP contribution >= 0.6 is 0 Å². The first kappa shape index (κ1) is 17.7. The molecule has 0 N–H and O–H groups in total. The van der Waals surface area contributed by atoms with Gasteiger partial charge in [-0.3, -0.25) is 4.90 Å². The molecule has 0 spiro atoms. The fourth-order valence-electron chi connectivity index (χ4n) is 4.06. The van der Waals surface area contributed by atoms with Gasteiger partial charge in [-0.2, -0.15) is 0 Å². The van der Waals surface area contributed by atoms with Crippen LogP contribution < -0.4 is 4.90 Å². The Morgan fingerprint density at radius 3 is 2.29 bits per heavy atom. The van der Waals surface area contributed by atoms with Crippen LogP contribution in [0.5, 0.6) is 0 Å². The normalized spacial score (nSPS) is 21.6. The summed E-state index contributed by atoms with van der Waals surface area (Å²) in [4.78, 5) is 7.37. The second-order valence-electron chi connectivity index (χ2n) is 7.82. The summed E-state index contributed by atoms with van der Waals surface area (Å²) in [6.07, 6.45) is 2.65. The lowest BCUT2D eigenvalue weighted by Gasteiger charge is -2.40. The zero-order valence-electron chi connectivity index (χ0n) is 15.5. The summed E-state index contributed by atoms with van der Waals surface area (Å²) in [5, 5.41) is 0. The molecule has 24 heavy (non-hydrogen) atoms. The molecule has 4 heteroatoms. The maximum absolute atomic E-state index is 14.1. The molecule has 1 aromatic carbocycles. The molecule has 134 valence electrons. The number of rotatable bonds is 4. The quantitative estimate of drug-likeness (QED) is 0.836. The fraction of sp³-hybridized carbons (Fsp3) is 0.700. The zero-order valence-corrected chi connectivity index (χ0v) is 15.5. The van der Waals surface area contributed by atoms with E-state index in [0.717, 1.165) is 43.3 Å². The Balaban J connectivity index is 1.46. The second kappa shape index (κ2) is 7.83. The maximum atomic E-state index is 14.1. The van der Waals surface area contributed by atoms with Gasteiger partial charge in [0.25, 0.3) is 0 Å². The van der Waals surface area contributed by atoms with Gasteiger partial charge in [-0.05, 0) is 70.3 Å². The van der Waals surface area contributed by atoms with Crippen molar-refractivity contribution in [1.82, 2.24) is 9.80 Å². The molecule has 0 aliphatic carbocycles. The predicted molar refractivity (Wildman–Crippen MR) is 99.2 cm³/mol. The van der Waals surface area contributed by atoms with Gasteiger partial charge in [-0.1, -0.05) is 6.07 Å². The highest BCUT2D eigenvalue weighted by atomic mass is 19.1. The summed E-state index contributed by atoms with van der Waals surface area (Å²) in [6.45, 7) is 14.2. The summed E-state index contributed by atoms with van der Waals surface area (Å²) in [5.74, 6) is 0.757. The molecule has 1 aromatic rings. The van der Waals surface area contributed by atoms with Gasteiger partial charge >= 0.3 is 0 Å². The van der Waals surface area contributed by atoms with Crippen LogP contribution in [0.4, 0.5) is 10.1 Å². The molecule has 0 bridgehead atoms. The van der Waals surface area contributed by atoms with E-state index in [4.69, 9.17) is 0 Å². The number of piperazine rings is 1. The first-order chi connectivity index (χ1) is 11.5. The lowest BCUT2D eigenvalue weighted by atomic mass is 9.95. The number of anilines is 1. The Morgan fingerprint density at radius 1 is 1.04 bits per heavy atom. The van der Waals surface area contributed by atoms with Gasteiger partial charge in [0.2, 0.25) is 0 Å². The van der Waals surface area contributed by atoms with Crippen molar-refractivity contribution < 1.29 is 4.39 Å². The minimum Gasteiger partial charge on any atom is -0.367 e. The molecule has 0 aromatic heterocycles. The van der Waals surface area contributed by atoms with Crippen LogP contribution in [0, 0.1) is 18.7 Å². The molecule has 0 amide bonds. The molecule has 2 saturated heterocycles. The Labute approximate surface area is 146 Å². The third-order valence-corrected chi connectivity index (χ3v) is 5.71. The minimum absolute atomic E-state index is 0.0792. The predicted octanol–water partition coefficient (Wildman–Crippen LogP) is 3.38. The number of nitrogens with zero attached hydrogens (tertiary/aromatic N) is 3. The molecular weight excluding hydrogens is 301 g/mol. The van der Waals surface area contributed by atoms with Crippen molar-refractivity contribution in [2.24, 2.45) is 5.92 Å². The monoisotopic (exact) mass is 333 g/mol. The molecule has 3 nitrogen and oxygen atoms in total. The first-order valence-electron chi connectivity index (χ1n) is 9.50. The fourth-order valence-corrected chi connectivity index (χ4v) is 4.06. The summed E-state index contributed by atoms with van der Waals surface area (Å²) >= 11 is 0. The van der Waals surface area contributed by atoms with Crippen LogP contribution in [0.3, 0.4) is 0 Å². The van der Waals surface area contributed by atoms with Gasteiger partial charge in [0.05, 0.1) is 5.69 Å². The van der Waals surface area contributed by atoms with Gasteiger partial charge in [0.15, 0.2) is 0 Å². The molecule has 0 unspecified atom stereocenters. The van der Waals surface area contributed by atoms with E-state index < -0.39 is 0 Å². The SMILES string of the molecule is Cc1ccc(N2CCN(CC3CCN(C(C)C)CC3)CC2)c(F)c1. The lowest BCUT2D eigenvalue weighted by molar-refractivity contribution is 0.119. The van der Waals surface area contributed by atoms with Crippen LogP contribution in [0.15, 0.2) is 18.2 Å². The lowest BCUT2D eigenvalue weighted by Crippen LogP contribution is -2.49. The van der Waals surface area contributed by atoms with Crippen molar-refractivity contribution in [2.75, 3.05) is 50.7 Å². The number of piperidine rings is 1. The van der Waals surface area contributed by atoms with E-state index in [2.05, 4.69) is 28.5 Å². The summed E-state index contributed by atoms with van der Waals surface area (Å²) in [5.41, 5.74) is 1.76. The topological polar surface area (TPSA) is 9.72 Å². The highest BCUT2D eigenvalue weighted by Gasteiger charge is 2.25. The smallest absolute Gasteiger partial charge is 0.146 e. The highest BCUT2D eigenvalue weighted by Crippen LogP contribution is 2.24. The Morgan fingerprint density at radius 2 is 1.71 bits per heavy atom.